The third-order valence-corrected chi connectivity index (χ3v) is 3.17. The van der Waals surface area contributed by atoms with E-state index >= 15 is 0 Å². The molecule has 18 heavy (non-hydrogen) atoms. The fourth-order valence-electron chi connectivity index (χ4n) is 1.99. The molecule has 1 aromatic carbocycles. The number of carbonyl (C=O) groups is 2. The van der Waals surface area contributed by atoms with Crippen molar-refractivity contribution in [2.45, 2.75) is 32.2 Å². The minimum Gasteiger partial charge on any atom is -0.325 e. The number of nitrogens with one attached hydrogen (secondary N) is 1. The normalized spacial score (nSPS) is 19.2. The van der Waals surface area contributed by atoms with Crippen molar-refractivity contribution in [2.75, 3.05) is 4.90 Å². The smallest absolute Gasteiger partial charge is 0.325 e. The van der Waals surface area contributed by atoms with Crippen LogP contribution in [0.15, 0.2) is 24.3 Å². The summed E-state index contributed by atoms with van der Waals surface area (Å²) >= 11 is 5.87. The number of urea groups is 1. The zero-order chi connectivity index (χ0) is 13.1. The van der Waals surface area contributed by atoms with Gasteiger partial charge in [-0.3, -0.25) is 4.79 Å². The van der Waals surface area contributed by atoms with Gasteiger partial charge in [0.05, 0.1) is 5.69 Å². The molecule has 1 saturated heterocycles. The van der Waals surface area contributed by atoms with Crippen molar-refractivity contribution >= 4 is 29.2 Å². The second-order valence-electron chi connectivity index (χ2n) is 4.30. The Labute approximate surface area is 111 Å². The minimum absolute atomic E-state index is 0.198. The van der Waals surface area contributed by atoms with Crippen LogP contribution in [0.3, 0.4) is 0 Å². The number of hydrogen-bond donors (Lipinski definition) is 1. The molecule has 0 radical (unpaired) electrons. The highest BCUT2D eigenvalue weighted by atomic mass is 35.5. The number of hydrogen-bond acceptors (Lipinski definition) is 2. The molecule has 1 atom stereocenters. The monoisotopic (exact) mass is 266 g/mol. The van der Waals surface area contributed by atoms with Crippen LogP contribution in [0, 0.1) is 0 Å². The van der Waals surface area contributed by atoms with Crippen LogP contribution in [-0.4, -0.2) is 18.0 Å². The van der Waals surface area contributed by atoms with E-state index in [4.69, 9.17) is 11.6 Å². The van der Waals surface area contributed by atoms with Crippen molar-refractivity contribution in [3.8, 4) is 0 Å². The largest absolute Gasteiger partial charge is 0.329 e. The average molecular weight is 267 g/mol. The highest BCUT2D eigenvalue weighted by Crippen LogP contribution is 2.24. The first-order valence-electron chi connectivity index (χ1n) is 6.03. The molecule has 0 spiro atoms. The molecule has 1 unspecified atom stereocenters. The SMILES string of the molecule is CCCCC1NC(=O)N(c2cccc(Cl)c2)C1=O. The molecule has 0 aromatic heterocycles. The summed E-state index contributed by atoms with van der Waals surface area (Å²) in [7, 11) is 0. The maximum absolute atomic E-state index is 12.1. The molecule has 1 aliphatic rings. The second kappa shape index (κ2) is 5.40. The number of rotatable bonds is 4. The number of anilines is 1. The molecule has 96 valence electrons. The van der Waals surface area contributed by atoms with Crippen LogP contribution >= 0.6 is 11.6 Å². The topological polar surface area (TPSA) is 49.4 Å². The van der Waals surface area contributed by atoms with Gasteiger partial charge < -0.3 is 5.32 Å². The van der Waals surface area contributed by atoms with Crippen molar-refractivity contribution in [1.82, 2.24) is 5.32 Å². The fourth-order valence-corrected chi connectivity index (χ4v) is 2.18. The second-order valence-corrected chi connectivity index (χ2v) is 4.73. The number of unbranched alkanes of at least 4 members (excludes halogenated alkanes) is 1. The quantitative estimate of drug-likeness (QED) is 0.852. The lowest BCUT2D eigenvalue weighted by atomic mass is 10.1. The summed E-state index contributed by atoms with van der Waals surface area (Å²) in [5.74, 6) is -0.198. The Morgan fingerprint density at radius 1 is 1.39 bits per heavy atom. The van der Waals surface area contributed by atoms with Crippen molar-refractivity contribution in [2.24, 2.45) is 0 Å². The number of carbonyl (C=O) groups excluding carboxylic acids is 2. The van der Waals surface area contributed by atoms with E-state index in [2.05, 4.69) is 12.2 Å². The van der Waals surface area contributed by atoms with Crippen LogP contribution < -0.4 is 10.2 Å². The number of halogens is 1. The number of nitrogens with zero attached hydrogens (tertiary/aromatic N) is 1. The maximum atomic E-state index is 12.1. The Balaban J connectivity index is 2.19. The van der Waals surface area contributed by atoms with Crippen LogP contribution in [0.4, 0.5) is 10.5 Å². The molecule has 1 aromatic rings. The van der Waals surface area contributed by atoms with E-state index in [1.165, 1.54) is 0 Å². The summed E-state index contributed by atoms with van der Waals surface area (Å²) in [5.41, 5.74) is 0.518. The van der Waals surface area contributed by atoms with E-state index in [1.807, 2.05) is 0 Å². The van der Waals surface area contributed by atoms with Crippen LogP contribution in [-0.2, 0) is 4.79 Å². The minimum atomic E-state index is -0.406. The van der Waals surface area contributed by atoms with Crippen molar-refractivity contribution in [3.63, 3.8) is 0 Å². The van der Waals surface area contributed by atoms with Crippen molar-refractivity contribution in [1.29, 1.82) is 0 Å². The molecule has 3 amide bonds. The van der Waals surface area contributed by atoms with Gasteiger partial charge in [0.2, 0.25) is 0 Å². The van der Waals surface area contributed by atoms with Gasteiger partial charge >= 0.3 is 6.03 Å². The van der Waals surface area contributed by atoms with Crippen LogP contribution in [0.25, 0.3) is 0 Å². The predicted octanol–water partition coefficient (Wildman–Crippen LogP) is 2.96. The Hall–Kier alpha value is -1.55. The van der Waals surface area contributed by atoms with Gasteiger partial charge in [-0.25, -0.2) is 9.69 Å². The van der Waals surface area contributed by atoms with Crippen LogP contribution in [0.5, 0.6) is 0 Å². The molecular weight excluding hydrogens is 252 g/mol. The molecule has 4 nitrogen and oxygen atoms in total. The lowest BCUT2D eigenvalue weighted by molar-refractivity contribution is -0.118. The van der Waals surface area contributed by atoms with Crippen molar-refractivity contribution in [3.05, 3.63) is 29.3 Å². The maximum Gasteiger partial charge on any atom is 0.329 e. The lowest BCUT2D eigenvalue weighted by Crippen LogP contribution is -2.31. The van der Waals surface area contributed by atoms with Gasteiger partial charge in [-0.15, -0.1) is 0 Å². The van der Waals surface area contributed by atoms with Gasteiger partial charge in [0, 0.05) is 5.02 Å². The number of amides is 3. The van der Waals surface area contributed by atoms with E-state index in [9.17, 15) is 9.59 Å². The lowest BCUT2D eigenvalue weighted by Gasteiger charge is -2.13. The van der Waals surface area contributed by atoms with Crippen LogP contribution in [0.1, 0.15) is 26.2 Å². The summed E-state index contributed by atoms with van der Waals surface area (Å²) in [5, 5.41) is 3.21. The first-order chi connectivity index (χ1) is 8.63. The van der Waals surface area contributed by atoms with Gasteiger partial charge in [0.25, 0.3) is 5.91 Å². The Bertz CT molecular complexity index is 476. The van der Waals surface area contributed by atoms with Crippen LogP contribution in [0.2, 0.25) is 5.02 Å². The Morgan fingerprint density at radius 2 is 2.17 bits per heavy atom. The number of imide groups is 1. The highest BCUT2D eigenvalue weighted by molar-refractivity contribution is 6.31. The molecule has 1 aliphatic heterocycles. The molecular formula is C13H15ClN2O2. The summed E-state index contributed by atoms with van der Waals surface area (Å²) in [6, 6.07) is 5.96. The third-order valence-electron chi connectivity index (χ3n) is 2.93. The molecule has 0 bridgehead atoms. The molecule has 2 rings (SSSR count). The molecule has 0 aliphatic carbocycles. The molecule has 1 fully saturated rings. The van der Waals surface area contributed by atoms with Gasteiger partial charge in [-0.1, -0.05) is 37.4 Å². The molecule has 1 heterocycles. The summed E-state index contributed by atoms with van der Waals surface area (Å²) in [6.07, 6.45) is 2.59. The highest BCUT2D eigenvalue weighted by Gasteiger charge is 2.38. The van der Waals surface area contributed by atoms with Crippen molar-refractivity contribution < 1.29 is 9.59 Å². The molecule has 0 saturated carbocycles. The average Bonchev–Trinajstić information content (AvgIpc) is 2.62. The van der Waals surface area contributed by atoms with E-state index in [1.54, 1.807) is 24.3 Å². The predicted molar refractivity (Wildman–Crippen MR) is 70.8 cm³/mol. The molecule has 5 heteroatoms. The van der Waals surface area contributed by atoms with E-state index in [-0.39, 0.29) is 11.9 Å². The summed E-state index contributed by atoms with van der Waals surface area (Å²) in [4.78, 5) is 25.1. The summed E-state index contributed by atoms with van der Waals surface area (Å²) < 4.78 is 0. The van der Waals surface area contributed by atoms with Gasteiger partial charge in [-0.2, -0.15) is 0 Å². The molecule has 1 N–H and O–H groups in total. The first kappa shape index (κ1) is 12.9. The zero-order valence-corrected chi connectivity index (χ0v) is 10.9. The standard InChI is InChI=1S/C13H15ClN2O2/c1-2-3-7-11-12(17)16(13(18)15-11)10-6-4-5-9(14)8-10/h4-6,8,11H,2-3,7H2,1H3,(H,15,18). The van der Waals surface area contributed by atoms with E-state index in [0.717, 1.165) is 17.7 Å². The Morgan fingerprint density at radius 3 is 2.83 bits per heavy atom. The zero-order valence-electron chi connectivity index (χ0n) is 10.1. The van der Waals surface area contributed by atoms with Gasteiger partial charge in [0.15, 0.2) is 0 Å². The van der Waals surface area contributed by atoms with E-state index < -0.39 is 6.04 Å². The number of benzene rings is 1. The Kier molecular flexibility index (Phi) is 3.87. The summed E-state index contributed by atoms with van der Waals surface area (Å²) in [6.45, 7) is 2.05. The first-order valence-corrected chi connectivity index (χ1v) is 6.41. The van der Waals surface area contributed by atoms with E-state index in [0.29, 0.717) is 17.1 Å². The third kappa shape index (κ3) is 2.48. The fraction of sp³-hybridized carbons (Fsp3) is 0.385. The van der Waals surface area contributed by atoms with Gasteiger partial charge in [0.1, 0.15) is 6.04 Å². The van der Waals surface area contributed by atoms with Gasteiger partial charge in [-0.05, 0) is 24.6 Å².